The number of carbonyl (C=O) groups is 1. The number of nitrogens with one attached hydrogen (secondary N) is 1. The molecule has 4 rings (SSSR count). The maximum atomic E-state index is 12.7. The van der Waals surface area contributed by atoms with Crippen LogP contribution in [0.25, 0.3) is 11.0 Å². The molecule has 29 heavy (non-hydrogen) atoms. The summed E-state index contributed by atoms with van der Waals surface area (Å²) in [6, 6.07) is 13.2. The minimum absolute atomic E-state index is 0.0181. The number of nitrogens with zero attached hydrogens (tertiary/aromatic N) is 3. The molecule has 2 heterocycles. The van der Waals surface area contributed by atoms with Crippen LogP contribution in [0, 0.1) is 5.92 Å². The summed E-state index contributed by atoms with van der Waals surface area (Å²) in [7, 11) is 3.18. The molecule has 0 spiro atoms. The van der Waals surface area contributed by atoms with E-state index in [1.165, 1.54) is 0 Å². The number of rotatable bonds is 5. The molecule has 0 unspecified atom stereocenters. The first-order chi connectivity index (χ1) is 14.2. The standard InChI is InChI=1S/C22H24N4O3/c1-28-17-11-16(12-18(13-17)29-2)24-22(27)15-7-9-26(10-8-15)21-14-23-19-5-3-4-6-20(19)25-21/h3-6,11-15H,7-10H2,1-2H3,(H,24,27). The number of ether oxygens (including phenoxy) is 2. The summed E-state index contributed by atoms with van der Waals surface area (Å²) in [5.41, 5.74) is 2.45. The van der Waals surface area contributed by atoms with Gasteiger partial charge in [-0.25, -0.2) is 4.98 Å². The van der Waals surface area contributed by atoms with Crippen molar-refractivity contribution < 1.29 is 14.3 Å². The smallest absolute Gasteiger partial charge is 0.227 e. The molecule has 1 aliphatic heterocycles. The topological polar surface area (TPSA) is 76.6 Å². The van der Waals surface area contributed by atoms with Crippen LogP contribution in [0.1, 0.15) is 12.8 Å². The number of carbonyl (C=O) groups excluding carboxylic acids is 1. The van der Waals surface area contributed by atoms with E-state index in [2.05, 4.69) is 15.2 Å². The van der Waals surface area contributed by atoms with E-state index in [1.54, 1.807) is 32.4 Å². The quantitative estimate of drug-likeness (QED) is 0.716. The molecular weight excluding hydrogens is 368 g/mol. The first kappa shape index (κ1) is 19.0. The van der Waals surface area contributed by atoms with E-state index in [9.17, 15) is 4.79 Å². The van der Waals surface area contributed by atoms with E-state index < -0.39 is 0 Å². The van der Waals surface area contributed by atoms with Crippen molar-refractivity contribution in [3.05, 3.63) is 48.7 Å². The second kappa shape index (κ2) is 8.34. The first-order valence-corrected chi connectivity index (χ1v) is 9.67. The van der Waals surface area contributed by atoms with Crippen LogP contribution in [0.15, 0.2) is 48.7 Å². The van der Waals surface area contributed by atoms with Gasteiger partial charge in [-0.1, -0.05) is 12.1 Å². The summed E-state index contributed by atoms with van der Waals surface area (Å²) in [6.07, 6.45) is 3.34. The van der Waals surface area contributed by atoms with E-state index in [4.69, 9.17) is 14.5 Å². The van der Waals surface area contributed by atoms with Crippen molar-refractivity contribution in [1.82, 2.24) is 9.97 Å². The minimum Gasteiger partial charge on any atom is -0.497 e. The van der Waals surface area contributed by atoms with E-state index in [-0.39, 0.29) is 11.8 Å². The molecule has 3 aromatic rings. The Hall–Kier alpha value is -3.35. The van der Waals surface area contributed by atoms with Crippen molar-refractivity contribution in [2.45, 2.75) is 12.8 Å². The highest BCUT2D eigenvalue weighted by Crippen LogP contribution is 2.28. The molecule has 1 aromatic heterocycles. The Labute approximate surface area is 169 Å². The average Bonchev–Trinajstić information content (AvgIpc) is 2.78. The molecule has 1 amide bonds. The van der Waals surface area contributed by atoms with E-state index in [0.29, 0.717) is 17.2 Å². The van der Waals surface area contributed by atoms with E-state index >= 15 is 0 Å². The number of hydrogen-bond acceptors (Lipinski definition) is 6. The lowest BCUT2D eigenvalue weighted by Crippen LogP contribution is -2.38. The molecule has 1 fully saturated rings. The Morgan fingerprint density at radius 3 is 2.34 bits per heavy atom. The van der Waals surface area contributed by atoms with Crippen molar-refractivity contribution in [2.24, 2.45) is 5.92 Å². The fraction of sp³-hybridized carbons (Fsp3) is 0.318. The highest BCUT2D eigenvalue weighted by molar-refractivity contribution is 5.93. The van der Waals surface area contributed by atoms with Gasteiger partial charge in [0.15, 0.2) is 0 Å². The predicted octanol–water partition coefficient (Wildman–Crippen LogP) is 3.50. The second-order valence-electron chi connectivity index (χ2n) is 7.07. The fourth-order valence-electron chi connectivity index (χ4n) is 3.59. The lowest BCUT2D eigenvalue weighted by molar-refractivity contribution is -0.120. The van der Waals surface area contributed by atoms with Crippen LogP contribution in [-0.4, -0.2) is 43.2 Å². The highest BCUT2D eigenvalue weighted by atomic mass is 16.5. The van der Waals surface area contributed by atoms with Crippen LogP contribution >= 0.6 is 0 Å². The lowest BCUT2D eigenvalue weighted by Gasteiger charge is -2.32. The maximum absolute atomic E-state index is 12.7. The zero-order chi connectivity index (χ0) is 20.2. The average molecular weight is 392 g/mol. The number of hydrogen-bond donors (Lipinski definition) is 1. The molecular formula is C22H24N4O3. The van der Waals surface area contributed by atoms with Gasteiger partial charge in [-0.2, -0.15) is 0 Å². The van der Waals surface area contributed by atoms with Gasteiger partial charge in [0.25, 0.3) is 0 Å². The number of amides is 1. The Balaban J connectivity index is 1.39. The maximum Gasteiger partial charge on any atom is 0.227 e. The number of para-hydroxylation sites is 2. The molecule has 7 nitrogen and oxygen atoms in total. The Morgan fingerprint density at radius 2 is 1.69 bits per heavy atom. The lowest BCUT2D eigenvalue weighted by atomic mass is 9.96. The first-order valence-electron chi connectivity index (χ1n) is 9.67. The van der Waals surface area contributed by atoms with Crippen molar-refractivity contribution in [2.75, 3.05) is 37.5 Å². The number of fused-ring (bicyclic) bond motifs is 1. The third kappa shape index (κ3) is 4.23. The summed E-state index contributed by atoms with van der Waals surface area (Å²) in [4.78, 5) is 24.1. The van der Waals surface area contributed by atoms with Crippen molar-refractivity contribution in [3.8, 4) is 11.5 Å². The van der Waals surface area contributed by atoms with Crippen molar-refractivity contribution >= 4 is 28.4 Å². The number of piperidine rings is 1. The third-order valence-electron chi connectivity index (χ3n) is 5.24. The van der Waals surface area contributed by atoms with Gasteiger partial charge in [0.1, 0.15) is 17.3 Å². The number of methoxy groups -OCH3 is 2. The summed E-state index contributed by atoms with van der Waals surface area (Å²) in [6.45, 7) is 1.54. The van der Waals surface area contributed by atoms with Crippen LogP contribution in [0.4, 0.5) is 11.5 Å². The molecule has 0 radical (unpaired) electrons. The minimum atomic E-state index is -0.0446. The van der Waals surface area contributed by atoms with E-state index in [0.717, 1.165) is 42.8 Å². The van der Waals surface area contributed by atoms with Crippen LogP contribution < -0.4 is 19.7 Å². The van der Waals surface area contributed by atoms with Crippen molar-refractivity contribution in [1.29, 1.82) is 0 Å². The number of aromatic nitrogens is 2. The molecule has 150 valence electrons. The number of anilines is 2. The Morgan fingerprint density at radius 1 is 1.03 bits per heavy atom. The molecule has 2 aromatic carbocycles. The molecule has 1 aliphatic rings. The SMILES string of the molecule is COc1cc(NC(=O)C2CCN(c3cnc4ccccc4n3)CC2)cc(OC)c1. The van der Waals surface area contributed by atoms with Gasteiger partial charge in [-0.15, -0.1) is 0 Å². The van der Waals surface area contributed by atoms with Crippen LogP contribution in [0.5, 0.6) is 11.5 Å². The second-order valence-corrected chi connectivity index (χ2v) is 7.07. The van der Waals surface area contributed by atoms with E-state index in [1.807, 2.05) is 30.5 Å². The predicted molar refractivity (Wildman–Crippen MR) is 113 cm³/mol. The van der Waals surface area contributed by atoms with Gasteiger partial charge in [0.05, 0.1) is 31.4 Å². The summed E-state index contributed by atoms with van der Waals surface area (Å²) < 4.78 is 10.5. The van der Waals surface area contributed by atoms with Gasteiger partial charge in [0, 0.05) is 42.9 Å². The zero-order valence-electron chi connectivity index (χ0n) is 16.6. The normalized spacial score (nSPS) is 14.6. The highest BCUT2D eigenvalue weighted by Gasteiger charge is 2.26. The monoisotopic (exact) mass is 392 g/mol. The fourth-order valence-corrected chi connectivity index (χ4v) is 3.59. The molecule has 1 N–H and O–H groups in total. The Bertz CT molecular complexity index is 994. The number of benzene rings is 2. The summed E-state index contributed by atoms with van der Waals surface area (Å²) >= 11 is 0. The van der Waals surface area contributed by atoms with Gasteiger partial charge < -0.3 is 19.7 Å². The Kier molecular flexibility index (Phi) is 5.46. The zero-order valence-corrected chi connectivity index (χ0v) is 16.6. The van der Waals surface area contributed by atoms with Gasteiger partial charge in [-0.3, -0.25) is 9.78 Å². The largest absolute Gasteiger partial charge is 0.497 e. The third-order valence-corrected chi connectivity index (χ3v) is 5.24. The molecule has 0 bridgehead atoms. The van der Waals surface area contributed by atoms with Crippen LogP contribution in [0.3, 0.4) is 0 Å². The van der Waals surface area contributed by atoms with Crippen molar-refractivity contribution in [3.63, 3.8) is 0 Å². The van der Waals surface area contributed by atoms with Crippen LogP contribution in [0.2, 0.25) is 0 Å². The van der Waals surface area contributed by atoms with Crippen LogP contribution in [-0.2, 0) is 4.79 Å². The molecule has 7 heteroatoms. The molecule has 0 saturated carbocycles. The summed E-state index contributed by atoms with van der Waals surface area (Å²) in [5, 5.41) is 2.99. The molecule has 0 aliphatic carbocycles. The molecule has 0 atom stereocenters. The molecule has 1 saturated heterocycles. The van der Waals surface area contributed by atoms with Gasteiger partial charge in [0.2, 0.25) is 5.91 Å². The van der Waals surface area contributed by atoms with Gasteiger partial charge in [-0.05, 0) is 25.0 Å². The summed E-state index contributed by atoms with van der Waals surface area (Å²) in [5.74, 6) is 2.12. The van der Waals surface area contributed by atoms with Gasteiger partial charge >= 0.3 is 0 Å².